The summed E-state index contributed by atoms with van der Waals surface area (Å²) in [4.78, 5) is 3.60. The van der Waals surface area contributed by atoms with E-state index < -0.39 is 35.8 Å². The lowest BCUT2D eigenvalue weighted by atomic mass is 9.90. The van der Waals surface area contributed by atoms with E-state index in [1.807, 2.05) is 0 Å². The first kappa shape index (κ1) is 12.8. The first-order chi connectivity index (χ1) is 8.47. The lowest BCUT2D eigenvalue weighted by molar-refractivity contribution is -0.0148. The number of hydrogen-bond acceptors (Lipinski definition) is 3. The van der Waals surface area contributed by atoms with Crippen molar-refractivity contribution in [2.45, 2.75) is 12.0 Å². The predicted molar refractivity (Wildman–Crippen MR) is 56.5 cm³/mol. The van der Waals surface area contributed by atoms with Gasteiger partial charge in [0.2, 0.25) is 0 Å². The number of hydrogen-bond donors (Lipinski definition) is 1. The molecule has 0 fully saturated rings. The second kappa shape index (κ2) is 4.56. The van der Waals surface area contributed by atoms with Crippen LogP contribution in [0.2, 0.25) is 0 Å². The minimum Gasteiger partial charge on any atom is -0.385 e. The van der Waals surface area contributed by atoms with Crippen LogP contribution in [0.25, 0.3) is 0 Å². The van der Waals surface area contributed by atoms with Crippen molar-refractivity contribution < 1.29 is 22.3 Å². The van der Waals surface area contributed by atoms with Gasteiger partial charge in [-0.25, -0.2) is 17.6 Å². The van der Waals surface area contributed by atoms with E-state index in [9.17, 15) is 17.6 Å². The van der Waals surface area contributed by atoms with Crippen LogP contribution in [-0.2, 0) is 10.3 Å². The molecule has 0 saturated carbocycles. The lowest BCUT2D eigenvalue weighted by Gasteiger charge is -2.33. The fourth-order valence-electron chi connectivity index (χ4n) is 1.84. The maximum atomic E-state index is 13.6. The van der Waals surface area contributed by atoms with Gasteiger partial charge in [0.25, 0.3) is 6.43 Å². The van der Waals surface area contributed by atoms with Crippen LogP contribution in [0.1, 0.15) is 5.56 Å². The number of aliphatic imine (C=N–C) groups is 1. The van der Waals surface area contributed by atoms with Gasteiger partial charge in [-0.3, -0.25) is 4.99 Å². The largest absolute Gasteiger partial charge is 0.385 e. The minimum atomic E-state index is -3.06. The van der Waals surface area contributed by atoms with Crippen LogP contribution in [0.4, 0.5) is 17.6 Å². The summed E-state index contributed by atoms with van der Waals surface area (Å²) in [6, 6.07) is 3.03. The van der Waals surface area contributed by atoms with Gasteiger partial charge in [-0.15, -0.1) is 0 Å². The Balaban J connectivity index is 2.61. The zero-order valence-corrected chi connectivity index (χ0v) is 9.17. The topological polar surface area (TPSA) is 47.6 Å². The highest BCUT2D eigenvalue weighted by molar-refractivity contribution is 5.82. The molecule has 1 aliphatic rings. The van der Waals surface area contributed by atoms with Gasteiger partial charge in [0, 0.05) is 5.56 Å². The fraction of sp³-hybridized carbons (Fsp3) is 0.364. The molecule has 7 heteroatoms. The van der Waals surface area contributed by atoms with Crippen molar-refractivity contribution in [3.8, 4) is 0 Å². The lowest BCUT2D eigenvalue weighted by Crippen LogP contribution is -2.45. The Morgan fingerprint density at radius 2 is 2.06 bits per heavy atom. The molecule has 1 heterocycles. The van der Waals surface area contributed by atoms with E-state index in [4.69, 9.17) is 10.5 Å². The van der Waals surface area contributed by atoms with Crippen molar-refractivity contribution in [3.05, 3.63) is 35.4 Å². The highest BCUT2D eigenvalue weighted by atomic mass is 19.3. The van der Waals surface area contributed by atoms with E-state index in [0.717, 1.165) is 18.2 Å². The second-order valence-electron chi connectivity index (χ2n) is 3.92. The zero-order valence-electron chi connectivity index (χ0n) is 9.17. The highest BCUT2D eigenvalue weighted by Crippen LogP contribution is 2.37. The predicted octanol–water partition coefficient (Wildman–Crippen LogP) is 1.81. The summed E-state index contributed by atoms with van der Waals surface area (Å²) in [6.45, 7) is -0.656. The summed E-state index contributed by atoms with van der Waals surface area (Å²) in [5.41, 5.74) is 2.51. The van der Waals surface area contributed by atoms with E-state index in [1.165, 1.54) is 0 Å². The Morgan fingerprint density at radius 3 is 2.67 bits per heavy atom. The van der Waals surface area contributed by atoms with Crippen LogP contribution in [0.5, 0.6) is 0 Å². The van der Waals surface area contributed by atoms with Crippen LogP contribution in [0.3, 0.4) is 0 Å². The van der Waals surface area contributed by atoms with Gasteiger partial charge < -0.3 is 10.5 Å². The molecule has 3 nitrogen and oxygen atoms in total. The van der Waals surface area contributed by atoms with E-state index in [-0.39, 0.29) is 12.4 Å². The van der Waals surface area contributed by atoms with Crippen LogP contribution in [0, 0.1) is 11.6 Å². The van der Waals surface area contributed by atoms with Gasteiger partial charge in [-0.05, 0) is 6.07 Å². The average Bonchev–Trinajstić information content (AvgIpc) is 2.32. The molecule has 1 aromatic carbocycles. The SMILES string of the molecule is NC1=NC(c2cccc(F)c2F)(C(F)F)COC1. The smallest absolute Gasteiger partial charge is 0.269 e. The Labute approximate surface area is 100 Å². The summed E-state index contributed by atoms with van der Waals surface area (Å²) >= 11 is 0. The average molecular weight is 262 g/mol. The van der Waals surface area contributed by atoms with Gasteiger partial charge in [0.05, 0.1) is 6.61 Å². The van der Waals surface area contributed by atoms with Crippen molar-refractivity contribution >= 4 is 5.84 Å². The van der Waals surface area contributed by atoms with E-state index >= 15 is 0 Å². The van der Waals surface area contributed by atoms with Crippen LogP contribution in [-0.4, -0.2) is 25.5 Å². The number of ether oxygens (including phenoxy) is 1. The maximum Gasteiger partial charge on any atom is 0.269 e. The molecule has 0 spiro atoms. The first-order valence-corrected chi connectivity index (χ1v) is 5.12. The maximum absolute atomic E-state index is 13.6. The number of rotatable bonds is 2. The molecule has 1 aromatic rings. The number of benzene rings is 1. The molecule has 0 aromatic heterocycles. The van der Waals surface area contributed by atoms with Gasteiger partial charge in [0.1, 0.15) is 12.4 Å². The van der Waals surface area contributed by atoms with Crippen molar-refractivity contribution in [2.75, 3.05) is 13.2 Å². The Kier molecular flexibility index (Phi) is 3.25. The van der Waals surface area contributed by atoms with E-state index in [0.29, 0.717) is 0 Å². The van der Waals surface area contributed by atoms with Crippen LogP contribution < -0.4 is 5.73 Å². The zero-order chi connectivity index (χ0) is 13.3. The summed E-state index contributed by atoms with van der Waals surface area (Å²) in [5.74, 6) is -2.75. The van der Waals surface area contributed by atoms with Crippen LogP contribution in [0.15, 0.2) is 23.2 Å². The molecule has 0 radical (unpaired) electrons. The monoisotopic (exact) mass is 262 g/mol. The Hall–Kier alpha value is -1.63. The molecule has 0 amide bonds. The molecular formula is C11H10F4N2O. The van der Waals surface area contributed by atoms with Gasteiger partial charge in [-0.2, -0.15) is 0 Å². The number of halogens is 4. The third kappa shape index (κ3) is 1.94. The van der Waals surface area contributed by atoms with E-state index in [1.54, 1.807) is 0 Å². The normalized spacial score (nSPS) is 24.2. The quantitative estimate of drug-likeness (QED) is 0.826. The summed E-state index contributed by atoms with van der Waals surface area (Å²) < 4.78 is 58.1. The number of nitrogens with two attached hydrogens (primary N) is 1. The Morgan fingerprint density at radius 1 is 1.33 bits per heavy atom. The highest BCUT2D eigenvalue weighted by Gasteiger charge is 2.46. The van der Waals surface area contributed by atoms with Gasteiger partial charge in [-0.1, -0.05) is 12.1 Å². The fourth-order valence-corrected chi connectivity index (χ4v) is 1.84. The molecule has 0 saturated heterocycles. The molecule has 1 aliphatic heterocycles. The molecule has 1 atom stereocenters. The molecule has 18 heavy (non-hydrogen) atoms. The molecule has 0 bridgehead atoms. The second-order valence-corrected chi connectivity index (χ2v) is 3.92. The third-order valence-corrected chi connectivity index (χ3v) is 2.69. The van der Waals surface area contributed by atoms with Crippen molar-refractivity contribution in [2.24, 2.45) is 10.7 Å². The number of amidine groups is 1. The van der Waals surface area contributed by atoms with Crippen molar-refractivity contribution in [1.29, 1.82) is 0 Å². The molecule has 0 aliphatic carbocycles. The molecule has 98 valence electrons. The van der Waals surface area contributed by atoms with Crippen molar-refractivity contribution in [1.82, 2.24) is 0 Å². The summed E-state index contributed by atoms with van der Waals surface area (Å²) in [6.07, 6.45) is -3.06. The summed E-state index contributed by atoms with van der Waals surface area (Å²) in [7, 11) is 0. The molecule has 2 N–H and O–H groups in total. The van der Waals surface area contributed by atoms with Crippen LogP contribution >= 0.6 is 0 Å². The first-order valence-electron chi connectivity index (χ1n) is 5.12. The van der Waals surface area contributed by atoms with E-state index in [2.05, 4.69) is 4.99 Å². The standard InChI is InChI=1S/C11H10F4N2O/c12-7-3-1-2-6(9(7)13)11(10(14)15)5-18-4-8(16)17-11/h1-3,10H,4-5H2,(H2,16,17). The molecule has 2 rings (SSSR count). The number of alkyl halides is 2. The third-order valence-electron chi connectivity index (χ3n) is 2.69. The number of nitrogens with zero attached hydrogens (tertiary/aromatic N) is 1. The molecule has 1 unspecified atom stereocenters. The van der Waals surface area contributed by atoms with Crippen molar-refractivity contribution in [3.63, 3.8) is 0 Å². The molecular weight excluding hydrogens is 252 g/mol. The minimum absolute atomic E-state index is 0.106. The Bertz CT molecular complexity index is 492. The van der Waals surface area contributed by atoms with Gasteiger partial charge >= 0.3 is 0 Å². The van der Waals surface area contributed by atoms with Gasteiger partial charge in [0.15, 0.2) is 17.2 Å². The summed E-state index contributed by atoms with van der Waals surface area (Å²) in [5, 5.41) is 0.